The fraction of sp³-hybridized carbons (Fsp3) is 0.458. The summed E-state index contributed by atoms with van der Waals surface area (Å²) in [5.74, 6) is 1.45. The number of aryl methyl sites for hydroxylation is 1. The van der Waals surface area contributed by atoms with Crippen molar-refractivity contribution in [3.8, 4) is 5.75 Å². The lowest BCUT2D eigenvalue weighted by atomic mass is 9.79. The molecular formula is C24H33Cl2N3O2. The third-order valence-corrected chi connectivity index (χ3v) is 6.31. The number of piperidine rings is 1. The SMILES string of the molecule is CCOc1cc2c(cc1[C@@H]1CCCN(NC)[C@@H]1c1ccccc1)N(C)C(=O)CC2.Cl.Cl. The van der Waals surface area contributed by atoms with Gasteiger partial charge in [-0.2, -0.15) is 0 Å². The summed E-state index contributed by atoms with van der Waals surface area (Å²) in [5.41, 5.74) is 8.16. The molecule has 0 unspecified atom stereocenters. The molecule has 7 heteroatoms. The number of halogens is 2. The van der Waals surface area contributed by atoms with E-state index < -0.39 is 0 Å². The first kappa shape index (κ1) is 25.5. The zero-order valence-electron chi connectivity index (χ0n) is 18.5. The highest BCUT2D eigenvalue weighted by molar-refractivity contribution is 5.96. The molecule has 1 saturated heterocycles. The number of fused-ring (bicyclic) bond motifs is 1. The van der Waals surface area contributed by atoms with Crippen LogP contribution in [0.4, 0.5) is 5.69 Å². The second kappa shape index (κ2) is 11.2. The topological polar surface area (TPSA) is 44.8 Å². The van der Waals surface area contributed by atoms with E-state index in [2.05, 4.69) is 52.9 Å². The fourth-order valence-corrected chi connectivity index (χ4v) is 4.89. The highest BCUT2D eigenvalue weighted by atomic mass is 35.5. The first-order valence-electron chi connectivity index (χ1n) is 10.7. The molecule has 0 saturated carbocycles. The van der Waals surface area contributed by atoms with Crippen LogP contribution in [0.2, 0.25) is 0 Å². The molecule has 2 aromatic rings. The summed E-state index contributed by atoms with van der Waals surface area (Å²) in [4.78, 5) is 14.1. The van der Waals surface area contributed by atoms with Crippen molar-refractivity contribution in [2.45, 2.75) is 44.6 Å². The van der Waals surface area contributed by atoms with Gasteiger partial charge in [-0.1, -0.05) is 30.3 Å². The first-order chi connectivity index (χ1) is 14.1. The number of rotatable bonds is 5. The summed E-state index contributed by atoms with van der Waals surface area (Å²) in [6.07, 6.45) is 3.56. The van der Waals surface area contributed by atoms with Crippen LogP contribution in [-0.2, 0) is 11.2 Å². The molecule has 0 bridgehead atoms. The summed E-state index contributed by atoms with van der Waals surface area (Å²) in [6.45, 7) is 3.69. The summed E-state index contributed by atoms with van der Waals surface area (Å²) < 4.78 is 6.13. The van der Waals surface area contributed by atoms with Crippen LogP contribution in [0.1, 0.15) is 54.8 Å². The van der Waals surface area contributed by atoms with E-state index in [1.54, 1.807) is 0 Å². The van der Waals surface area contributed by atoms with Gasteiger partial charge in [-0.3, -0.25) is 10.2 Å². The Morgan fingerprint density at radius 3 is 2.55 bits per heavy atom. The Kier molecular flexibility index (Phi) is 9.19. The maximum absolute atomic E-state index is 12.3. The Bertz CT molecular complexity index is 879. The number of carbonyl (C=O) groups is 1. The molecule has 2 aliphatic rings. The van der Waals surface area contributed by atoms with Crippen LogP contribution in [0.3, 0.4) is 0 Å². The lowest BCUT2D eigenvalue weighted by Gasteiger charge is -2.42. The highest BCUT2D eigenvalue weighted by Gasteiger charge is 2.36. The molecule has 1 N–H and O–H groups in total. The molecule has 31 heavy (non-hydrogen) atoms. The summed E-state index contributed by atoms with van der Waals surface area (Å²) in [5, 5.41) is 2.34. The van der Waals surface area contributed by atoms with Crippen molar-refractivity contribution in [3.05, 3.63) is 59.2 Å². The molecule has 0 spiro atoms. The predicted molar refractivity (Wildman–Crippen MR) is 131 cm³/mol. The lowest BCUT2D eigenvalue weighted by molar-refractivity contribution is -0.118. The van der Waals surface area contributed by atoms with Gasteiger partial charge in [0.05, 0.1) is 12.6 Å². The fourth-order valence-electron chi connectivity index (χ4n) is 4.89. The van der Waals surface area contributed by atoms with Crippen LogP contribution in [0.15, 0.2) is 42.5 Å². The van der Waals surface area contributed by atoms with E-state index >= 15 is 0 Å². The van der Waals surface area contributed by atoms with Gasteiger partial charge in [-0.05, 0) is 56.5 Å². The molecule has 5 nitrogen and oxygen atoms in total. The number of amides is 1. The average molecular weight is 466 g/mol. The summed E-state index contributed by atoms with van der Waals surface area (Å²) in [7, 11) is 3.89. The second-order valence-electron chi connectivity index (χ2n) is 7.93. The van der Waals surface area contributed by atoms with Crippen molar-refractivity contribution in [2.75, 3.05) is 32.1 Å². The van der Waals surface area contributed by atoms with E-state index in [0.717, 1.165) is 37.2 Å². The number of carbonyl (C=O) groups excluding carboxylic acids is 1. The van der Waals surface area contributed by atoms with Crippen molar-refractivity contribution in [1.82, 2.24) is 10.4 Å². The monoisotopic (exact) mass is 465 g/mol. The molecule has 2 atom stereocenters. The Morgan fingerprint density at radius 2 is 1.87 bits per heavy atom. The van der Waals surface area contributed by atoms with Crippen LogP contribution in [0.25, 0.3) is 0 Å². The number of hydrazine groups is 1. The molecule has 0 aromatic heterocycles. The maximum Gasteiger partial charge on any atom is 0.227 e. The minimum atomic E-state index is 0. The van der Waals surface area contributed by atoms with Crippen molar-refractivity contribution >= 4 is 36.4 Å². The maximum atomic E-state index is 12.3. The van der Waals surface area contributed by atoms with Gasteiger partial charge in [0, 0.05) is 37.2 Å². The summed E-state index contributed by atoms with van der Waals surface area (Å²) >= 11 is 0. The van der Waals surface area contributed by atoms with E-state index in [0.29, 0.717) is 13.0 Å². The quantitative estimate of drug-likeness (QED) is 0.682. The van der Waals surface area contributed by atoms with E-state index in [1.807, 2.05) is 25.9 Å². The molecule has 170 valence electrons. The number of hydrogen-bond donors (Lipinski definition) is 1. The minimum absolute atomic E-state index is 0. The number of benzene rings is 2. The molecule has 2 heterocycles. The van der Waals surface area contributed by atoms with Crippen LogP contribution in [0.5, 0.6) is 5.75 Å². The van der Waals surface area contributed by atoms with Gasteiger partial charge < -0.3 is 9.64 Å². The van der Waals surface area contributed by atoms with Crippen LogP contribution in [-0.4, -0.2) is 38.2 Å². The number of ether oxygens (including phenoxy) is 1. The Balaban J connectivity index is 0.00000171. The van der Waals surface area contributed by atoms with Crippen LogP contribution in [0, 0.1) is 0 Å². The molecule has 0 radical (unpaired) electrons. The molecule has 4 rings (SSSR count). The Hall–Kier alpha value is -1.79. The molecular weight excluding hydrogens is 433 g/mol. The Labute approximate surface area is 197 Å². The number of nitrogens with zero attached hydrogens (tertiary/aromatic N) is 2. The summed E-state index contributed by atoms with van der Waals surface area (Å²) in [6, 6.07) is 15.3. The predicted octanol–water partition coefficient (Wildman–Crippen LogP) is 4.89. The lowest BCUT2D eigenvalue weighted by Crippen LogP contribution is -2.45. The number of hydrogen-bond acceptors (Lipinski definition) is 4. The van der Waals surface area contributed by atoms with Gasteiger partial charge >= 0.3 is 0 Å². The van der Waals surface area contributed by atoms with E-state index in [-0.39, 0.29) is 42.7 Å². The molecule has 2 aliphatic heterocycles. The Morgan fingerprint density at radius 1 is 1.13 bits per heavy atom. The van der Waals surface area contributed by atoms with Gasteiger partial charge in [-0.15, -0.1) is 24.8 Å². The smallest absolute Gasteiger partial charge is 0.227 e. The van der Waals surface area contributed by atoms with E-state index in [4.69, 9.17) is 4.74 Å². The minimum Gasteiger partial charge on any atom is -0.494 e. The standard InChI is InChI=1S/C24H31N3O2.2ClH/c1-4-29-22-15-18-12-13-23(28)26(3)21(18)16-20(22)19-11-8-14-27(25-2)24(19)17-9-6-5-7-10-17;;/h5-7,9-10,15-16,19,24-25H,4,8,11-14H2,1-3H3;2*1H/t19-,24+;;/m0../s1. The molecule has 0 aliphatic carbocycles. The van der Waals surface area contributed by atoms with Gasteiger partial charge in [-0.25, -0.2) is 5.01 Å². The van der Waals surface area contributed by atoms with Crippen LogP contribution < -0.4 is 15.1 Å². The highest BCUT2D eigenvalue weighted by Crippen LogP contribution is 2.47. The van der Waals surface area contributed by atoms with Gasteiger partial charge in [0.15, 0.2) is 0 Å². The average Bonchev–Trinajstić information content (AvgIpc) is 2.76. The zero-order chi connectivity index (χ0) is 20.4. The zero-order valence-corrected chi connectivity index (χ0v) is 20.1. The molecule has 1 fully saturated rings. The van der Waals surface area contributed by atoms with Crippen molar-refractivity contribution in [3.63, 3.8) is 0 Å². The molecule has 1 amide bonds. The molecule has 2 aromatic carbocycles. The number of anilines is 1. The van der Waals surface area contributed by atoms with E-state index in [1.165, 1.54) is 16.7 Å². The third kappa shape index (κ3) is 5.01. The number of nitrogens with one attached hydrogen (secondary N) is 1. The van der Waals surface area contributed by atoms with Crippen molar-refractivity contribution in [2.24, 2.45) is 0 Å². The van der Waals surface area contributed by atoms with Crippen molar-refractivity contribution in [1.29, 1.82) is 0 Å². The largest absolute Gasteiger partial charge is 0.494 e. The first-order valence-corrected chi connectivity index (χ1v) is 10.7. The second-order valence-corrected chi connectivity index (χ2v) is 7.93. The van der Waals surface area contributed by atoms with E-state index in [9.17, 15) is 4.79 Å². The third-order valence-electron chi connectivity index (χ3n) is 6.31. The van der Waals surface area contributed by atoms with Crippen molar-refractivity contribution < 1.29 is 9.53 Å². The normalized spacial score (nSPS) is 21.0. The van der Waals surface area contributed by atoms with Crippen LogP contribution >= 0.6 is 24.8 Å². The van der Waals surface area contributed by atoms with Gasteiger partial charge in [0.25, 0.3) is 0 Å². The van der Waals surface area contributed by atoms with Gasteiger partial charge in [0.2, 0.25) is 5.91 Å². The van der Waals surface area contributed by atoms with Gasteiger partial charge in [0.1, 0.15) is 5.75 Å².